The summed E-state index contributed by atoms with van der Waals surface area (Å²) in [7, 11) is -3.47. The predicted molar refractivity (Wildman–Crippen MR) is 83.2 cm³/mol. The molecule has 1 saturated heterocycles. The normalized spacial score (nSPS) is 17.2. The van der Waals surface area contributed by atoms with Crippen molar-refractivity contribution in [2.24, 2.45) is 0 Å². The predicted octanol–water partition coefficient (Wildman–Crippen LogP) is 1.30. The fourth-order valence-corrected chi connectivity index (χ4v) is 3.76. The second-order valence-corrected chi connectivity index (χ2v) is 7.04. The van der Waals surface area contributed by atoms with Crippen molar-refractivity contribution in [2.75, 3.05) is 19.6 Å². The van der Waals surface area contributed by atoms with Crippen LogP contribution >= 0.6 is 0 Å². The molecule has 0 amide bonds. The number of hydrazine groups is 1. The molecule has 0 saturated carbocycles. The van der Waals surface area contributed by atoms with Crippen LogP contribution in [0, 0.1) is 0 Å². The Kier molecular flexibility index (Phi) is 5.80. The lowest BCUT2D eigenvalue weighted by molar-refractivity contribution is 0.200. The van der Waals surface area contributed by atoms with Gasteiger partial charge in [-0.1, -0.05) is 13.3 Å². The molecule has 120 valence electrons. The van der Waals surface area contributed by atoms with Gasteiger partial charge in [-0.15, -0.1) is 4.83 Å². The standard InChI is InChI=1S/C14H26N4O2S/c1-3-15-11-13-10-14(12-17(13)4-2)21(19,20)16-18-8-6-5-7-9-18/h10,12,15-16H,3-9,11H2,1-2H3. The first kappa shape index (κ1) is 16.5. The molecule has 1 fully saturated rings. The quantitative estimate of drug-likeness (QED) is 0.796. The van der Waals surface area contributed by atoms with E-state index in [0.717, 1.165) is 44.7 Å². The maximum Gasteiger partial charge on any atom is 0.254 e. The van der Waals surface area contributed by atoms with E-state index in [1.165, 1.54) is 6.42 Å². The van der Waals surface area contributed by atoms with Gasteiger partial charge in [-0.3, -0.25) is 0 Å². The highest BCUT2D eigenvalue weighted by molar-refractivity contribution is 7.89. The highest BCUT2D eigenvalue weighted by Gasteiger charge is 2.22. The van der Waals surface area contributed by atoms with Crippen molar-refractivity contribution in [2.45, 2.75) is 51.1 Å². The van der Waals surface area contributed by atoms with Crippen LogP contribution in [0.2, 0.25) is 0 Å². The molecule has 2 N–H and O–H groups in total. The summed E-state index contributed by atoms with van der Waals surface area (Å²) in [5.74, 6) is 0. The number of aryl methyl sites for hydroxylation is 1. The highest BCUT2D eigenvalue weighted by atomic mass is 32.2. The molecule has 2 heterocycles. The maximum absolute atomic E-state index is 12.5. The first-order valence-electron chi connectivity index (χ1n) is 7.74. The zero-order valence-corrected chi connectivity index (χ0v) is 13.7. The lowest BCUT2D eigenvalue weighted by atomic mass is 10.2. The van der Waals surface area contributed by atoms with E-state index in [-0.39, 0.29) is 0 Å². The average Bonchev–Trinajstić information content (AvgIpc) is 2.90. The summed E-state index contributed by atoms with van der Waals surface area (Å²) >= 11 is 0. The number of nitrogens with one attached hydrogen (secondary N) is 2. The van der Waals surface area contributed by atoms with Crippen LogP contribution in [-0.2, 0) is 23.1 Å². The van der Waals surface area contributed by atoms with Gasteiger partial charge in [0.15, 0.2) is 0 Å². The van der Waals surface area contributed by atoms with Crippen molar-refractivity contribution >= 4 is 10.0 Å². The van der Waals surface area contributed by atoms with E-state index in [9.17, 15) is 8.42 Å². The monoisotopic (exact) mass is 314 g/mol. The Bertz CT molecular complexity index is 547. The molecule has 0 radical (unpaired) electrons. The molecule has 1 aliphatic heterocycles. The van der Waals surface area contributed by atoms with Crippen molar-refractivity contribution < 1.29 is 8.42 Å². The van der Waals surface area contributed by atoms with Crippen molar-refractivity contribution in [1.29, 1.82) is 0 Å². The van der Waals surface area contributed by atoms with Crippen molar-refractivity contribution in [3.63, 3.8) is 0 Å². The summed E-state index contributed by atoms with van der Waals surface area (Å²) in [6.07, 6.45) is 4.99. The maximum atomic E-state index is 12.5. The van der Waals surface area contributed by atoms with Gasteiger partial charge in [0, 0.05) is 38.1 Å². The van der Waals surface area contributed by atoms with Gasteiger partial charge in [0.05, 0.1) is 0 Å². The van der Waals surface area contributed by atoms with Crippen LogP contribution in [-0.4, -0.2) is 37.6 Å². The second kappa shape index (κ2) is 7.40. The topological polar surface area (TPSA) is 66.4 Å². The van der Waals surface area contributed by atoms with Gasteiger partial charge in [0.25, 0.3) is 10.0 Å². The third kappa shape index (κ3) is 4.29. The van der Waals surface area contributed by atoms with Gasteiger partial charge in [-0.05, 0) is 32.4 Å². The Morgan fingerprint density at radius 1 is 1.19 bits per heavy atom. The van der Waals surface area contributed by atoms with Gasteiger partial charge < -0.3 is 9.88 Å². The number of hydrogen-bond donors (Lipinski definition) is 2. The molecule has 1 aromatic heterocycles. The molecule has 1 aromatic rings. The Morgan fingerprint density at radius 2 is 1.90 bits per heavy atom. The molecular weight excluding hydrogens is 288 g/mol. The minimum absolute atomic E-state index is 0.350. The van der Waals surface area contributed by atoms with Crippen molar-refractivity contribution in [3.05, 3.63) is 18.0 Å². The SMILES string of the molecule is CCNCc1cc(S(=O)(=O)NN2CCCCC2)cn1CC. The number of rotatable bonds is 7. The summed E-state index contributed by atoms with van der Waals surface area (Å²) in [6.45, 7) is 7.95. The minimum Gasteiger partial charge on any atom is -0.349 e. The van der Waals surface area contributed by atoms with Crippen LogP contribution in [0.3, 0.4) is 0 Å². The van der Waals surface area contributed by atoms with Crippen LogP contribution in [0.4, 0.5) is 0 Å². The van der Waals surface area contributed by atoms with E-state index in [1.807, 2.05) is 23.4 Å². The molecule has 7 heteroatoms. The van der Waals surface area contributed by atoms with Crippen molar-refractivity contribution in [1.82, 2.24) is 19.7 Å². The minimum atomic E-state index is -3.47. The summed E-state index contributed by atoms with van der Waals surface area (Å²) < 4.78 is 26.9. The van der Waals surface area contributed by atoms with Crippen LogP contribution in [0.15, 0.2) is 17.2 Å². The number of sulfonamides is 1. The summed E-state index contributed by atoms with van der Waals surface area (Å²) in [4.78, 5) is 3.05. The van der Waals surface area contributed by atoms with Crippen LogP contribution in [0.25, 0.3) is 0 Å². The molecule has 0 aromatic carbocycles. The van der Waals surface area contributed by atoms with Crippen LogP contribution < -0.4 is 10.1 Å². The molecule has 0 bridgehead atoms. The molecule has 1 aliphatic rings. The Balaban J connectivity index is 2.13. The number of nitrogens with zero attached hydrogens (tertiary/aromatic N) is 2. The third-order valence-corrected chi connectivity index (χ3v) is 5.12. The molecule has 0 atom stereocenters. The molecule has 2 rings (SSSR count). The Hall–Kier alpha value is -0.890. The number of aromatic nitrogens is 1. The highest BCUT2D eigenvalue weighted by Crippen LogP contribution is 2.16. The molecule has 21 heavy (non-hydrogen) atoms. The summed E-state index contributed by atoms with van der Waals surface area (Å²) in [6, 6.07) is 1.76. The smallest absolute Gasteiger partial charge is 0.254 e. The molecule has 0 spiro atoms. The zero-order valence-electron chi connectivity index (χ0n) is 12.9. The Morgan fingerprint density at radius 3 is 2.52 bits per heavy atom. The summed E-state index contributed by atoms with van der Waals surface area (Å²) in [5, 5.41) is 5.05. The second-order valence-electron chi connectivity index (χ2n) is 5.38. The van der Waals surface area contributed by atoms with E-state index in [1.54, 1.807) is 12.3 Å². The van der Waals surface area contributed by atoms with E-state index >= 15 is 0 Å². The van der Waals surface area contributed by atoms with Crippen LogP contribution in [0.1, 0.15) is 38.8 Å². The summed E-state index contributed by atoms with van der Waals surface area (Å²) in [5.41, 5.74) is 0.998. The van der Waals surface area contributed by atoms with E-state index in [4.69, 9.17) is 0 Å². The fourth-order valence-electron chi connectivity index (χ4n) is 2.58. The van der Waals surface area contributed by atoms with Gasteiger partial charge in [-0.2, -0.15) is 0 Å². The van der Waals surface area contributed by atoms with Gasteiger partial charge in [0.1, 0.15) is 4.90 Å². The van der Waals surface area contributed by atoms with Gasteiger partial charge in [0.2, 0.25) is 0 Å². The van der Waals surface area contributed by atoms with Crippen molar-refractivity contribution in [3.8, 4) is 0 Å². The fraction of sp³-hybridized carbons (Fsp3) is 0.714. The Labute approximate surface area is 127 Å². The van der Waals surface area contributed by atoms with Crippen LogP contribution in [0.5, 0.6) is 0 Å². The number of hydrogen-bond acceptors (Lipinski definition) is 4. The lowest BCUT2D eigenvalue weighted by Gasteiger charge is -2.26. The van der Waals surface area contributed by atoms with Gasteiger partial charge in [-0.25, -0.2) is 13.4 Å². The zero-order chi connectivity index (χ0) is 15.3. The van der Waals surface area contributed by atoms with Gasteiger partial charge >= 0.3 is 0 Å². The molecular formula is C14H26N4O2S. The van der Waals surface area contributed by atoms with E-state index < -0.39 is 10.0 Å². The first-order chi connectivity index (χ1) is 10.1. The molecule has 0 aliphatic carbocycles. The third-order valence-electron chi connectivity index (χ3n) is 3.77. The lowest BCUT2D eigenvalue weighted by Crippen LogP contribution is -2.44. The first-order valence-corrected chi connectivity index (χ1v) is 9.22. The largest absolute Gasteiger partial charge is 0.349 e. The molecule has 6 nitrogen and oxygen atoms in total. The number of piperidine rings is 1. The van der Waals surface area contributed by atoms with E-state index in [0.29, 0.717) is 11.4 Å². The van der Waals surface area contributed by atoms with E-state index in [2.05, 4.69) is 10.1 Å². The molecule has 0 unspecified atom stereocenters. The average molecular weight is 314 g/mol.